The van der Waals surface area contributed by atoms with E-state index in [-0.39, 0.29) is 16.7 Å². The number of unbranched alkanes of at least 4 members (excludes halogenated alkanes) is 1. The zero-order chi connectivity index (χ0) is 15.9. The van der Waals surface area contributed by atoms with Crippen LogP contribution in [0.3, 0.4) is 0 Å². The molecule has 2 nitrogen and oxygen atoms in total. The molecule has 6 heteroatoms. The lowest BCUT2D eigenvalue weighted by atomic mass is 9.99. The summed E-state index contributed by atoms with van der Waals surface area (Å²) in [6, 6.07) is 3.11. The molecule has 0 aliphatic carbocycles. The van der Waals surface area contributed by atoms with Crippen molar-refractivity contribution in [2.75, 3.05) is 13.2 Å². The van der Waals surface area contributed by atoms with Crippen LogP contribution in [0.1, 0.15) is 38.2 Å². The fourth-order valence-corrected chi connectivity index (χ4v) is 2.21. The van der Waals surface area contributed by atoms with Gasteiger partial charge in [0.05, 0.1) is 17.2 Å². The van der Waals surface area contributed by atoms with Crippen LogP contribution in [-0.4, -0.2) is 13.2 Å². The second-order valence-electron chi connectivity index (χ2n) is 5.04. The molecule has 0 aliphatic heterocycles. The molecule has 0 aliphatic rings. The van der Waals surface area contributed by atoms with E-state index in [0.717, 1.165) is 37.8 Å². The van der Waals surface area contributed by atoms with Crippen LogP contribution in [0.15, 0.2) is 18.2 Å². The summed E-state index contributed by atoms with van der Waals surface area (Å²) in [5.41, 5.74) is 4.79. The van der Waals surface area contributed by atoms with Crippen molar-refractivity contribution in [2.24, 2.45) is 11.7 Å². The third-order valence-corrected chi connectivity index (χ3v) is 3.59. The van der Waals surface area contributed by atoms with Gasteiger partial charge in [-0.05, 0) is 43.5 Å². The van der Waals surface area contributed by atoms with Crippen molar-refractivity contribution in [2.45, 2.75) is 38.8 Å². The summed E-state index contributed by atoms with van der Waals surface area (Å²) in [5.74, 6) is 0.311. The van der Waals surface area contributed by atoms with Crippen molar-refractivity contribution < 1.29 is 17.9 Å². The highest BCUT2D eigenvalue weighted by atomic mass is 35.5. The largest absolute Gasteiger partial charge is 0.492 e. The first-order chi connectivity index (χ1) is 9.88. The maximum Gasteiger partial charge on any atom is 0.416 e. The SMILES string of the molecule is CCCCC(CCN)COc1cc(C(F)(F)F)ccc1Cl. The number of alkyl halides is 3. The Hall–Kier alpha value is -0.940. The number of ether oxygens (including phenoxy) is 1. The van der Waals surface area contributed by atoms with E-state index in [2.05, 4.69) is 6.92 Å². The molecular weight excluding hydrogens is 303 g/mol. The molecule has 0 fully saturated rings. The van der Waals surface area contributed by atoms with Crippen molar-refractivity contribution in [3.63, 3.8) is 0 Å². The number of benzene rings is 1. The van der Waals surface area contributed by atoms with Crippen LogP contribution in [0.25, 0.3) is 0 Å². The minimum absolute atomic E-state index is 0.0741. The van der Waals surface area contributed by atoms with Gasteiger partial charge in [-0.25, -0.2) is 0 Å². The van der Waals surface area contributed by atoms with Crippen LogP contribution in [-0.2, 0) is 6.18 Å². The minimum Gasteiger partial charge on any atom is -0.492 e. The van der Waals surface area contributed by atoms with Crippen molar-refractivity contribution in [3.05, 3.63) is 28.8 Å². The molecule has 0 amide bonds. The van der Waals surface area contributed by atoms with Crippen LogP contribution in [0, 0.1) is 5.92 Å². The van der Waals surface area contributed by atoms with Crippen LogP contribution in [0.2, 0.25) is 5.02 Å². The molecule has 0 saturated carbocycles. The summed E-state index contributed by atoms with van der Waals surface area (Å²) in [6.07, 6.45) is -0.557. The summed E-state index contributed by atoms with van der Waals surface area (Å²) in [6.45, 7) is 2.95. The van der Waals surface area contributed by atoms with Gasteiger partial charge in [0.25, 0.3) is 0 Å². The predicted octanol–water partition coefficient (Wildman–Crippen LogP) is 4.89. The van der Waals surface area contributed by atoms with Crippen LogP contribution >= 0.6 is 11.6 Å². The summed E-state index contributed by atoms with van der Waals surface area (Å²) >= 11 is 5.89. The van der Waals surface area contributed by atoms with Crippen molar-refractivity contribution >= 4 is 11.6 Å². The van der Waals surface area contributed by atoms with E-state index >= 15 is 0 Å². The quantitative estimate of drug-likeness (QED) is 0.739. The number of rotatable bonds is 8. The Labute approximate surface area is 128 Å². The Morgan fingerprint density at radius 1 is 1.29 bits per heavy atom. The first kappa shape index (κ1) is 18.1. The highest BCUT2D eigenvalue weighted by molar-refractivity contribution is 6.32. The highest BCUT2D eigenvalue weighted by Crippen LogP contribution is 2.35. The lowest BCUT2D eigenvalue weighted by molar-refractivity contribution is -0.137. The van der Waals surface area contributed by atoms with Gasteiger partial charge >= 0.3 is 6.18 Å². The van der Waals surface area contributed by atoms with E-state index in [1.165, 1.54) is 6.07 Å². The number of halogens is 4. The Bertz CT molecular complexity index is 437. The number of nitrogens with two attached hydrogens (primary N) is 1. The summed E-state index contributed by atoms with van der Waals surface area (Å²) in [4.78, 5) is 0. The first-order valence-corrected chi connectivity index (χ1v) is 7.45. The van der Waals surface area contributed by atoms with Gasteiger partial charge in [0.1, 0.15) is 5.75 Å². The maximum absolute atomic E-state index is 12.7. The van der Waals surface area contributed by atoms with Crippen LogP contribution in [0.4, 0.5) is 13.2 Å². The van der Waals surface area contributed by atoms with Gasteiger partial charge < -0.3 is 10.5 Å². The van der Waals surface area contributed by atoms with E-state index in [1.807, 2.05) is 0 Å². The molecular formula is C15H21ClF3NO. The average Bonchev–Trinajstić information content (AvgIpc) is 2.42. The van der Waals surface area contributed by atoms with Crippen molar-refractivity contribution in [1.29, 1.82) is 0 Å². The summed E-state index contributed by atoms with van der Waals surface area (Å²) in [5, 5.41) is 0.185. The average molecular weight is 324 g/mol. The maximum atomic E-state index is 12.7. The smallest absolute Gasteiger partial charge is 0.416 e. The molecule has 1 atom stereocenters. The van der Waals surface area contributed by atoms with Crippen LogP contribution in [0.5, 0.6) is 5.75 Å². The topological polar surface area (TPSA) is 35.2 Å². The Morgan fingerprint density at radius 3 is 2.57 bits per heavy atom. The van der Waals surface area contributed by atoms with E-state index < -0.39 is 11.7 Å². The van der Waals surface area contributed by atoms with Gasteiger partial charge in [0, 0.05) is 0 Å². The molecule has 0 bridgehead atoms. The molecule has 0 spiro atoms. The van der Waals surface area contributed by atoms with Gasteiger partial charge in [-0.2, -0.15) is 13.2 Å². The lowest BCUT2D eigenvalue weighted by Crippen LogP contribution is -2.17. The van der Waals surface area contributed by atoms with E-state index in [1.54, 1.807) is 0 Å². The van der Waals surface area contributed by atoms with Crippen molar-refractivity contribution in [3.8, 4) is 5.75 Å². The van der Waals surface area contributed by atoms with E-state index in [4.69, 9.17) is 22.1 Å². The molecule has 1 aromatic carbocycles. The molecule has 1 aromatic rings. The predicted molar refractivity (Wildman–Crippen MR) is 78.6 cm³/mol. The van der Waals surface area contributed by atoms with E-state index in [9.17, 15) is 13.2 Å². The second-order valence-corrected chi connectivity index (χ2v) is 5.45. The molecule has 21 heavy (non-hydrogen) atoms. The number of hydrogen-bond donors (Lipinski definition) is 1. The molecule has 1 rings (SSSR count). The fourth-order valence-electron chi connectivity index (χ4n) is 2.04. The third-order valence-electron chi connectivity index (χ3n) is 3.27. The zero-order valence-corrected chi connectivity index (χ0v) is 12.8. The Kier molecular flexibility index (Phi) is 7.32. The summed E-state index contributed by atoms with van der Waals surface area (Å²) in [7, 11) is 0. The molecule has 0 saturated heterocycles. The van der Waals surface area contributed by atoms with Gasteiger partial charge in [-0.1, -0.05) is 31.4 Å². The molecule has 0 heterocycles. The molecule has 2 N–H and O–H groups in total. The first-order valence-electron chi connectivity index (χ1n) is 7.08. The molecule has 120 valence electrons. The standard InChI is InChI=1S/C15H21ClF3NO/c1-2-3-4-11(7-8-20)10-21-14-9-12(15(17,18)19)5-6-13(14)16/h5-6,9,11H,2-4,7-8,10,20H2,1H3. The van der Waals surface area contributed by atoms with Gasteiger partial charge in [-0.15, -0.1) is 0 Å². The van der Waals surface area contributed by atoms with Crippen LogP contribution < -0.4 is 10.5 Å². The number of hydrogen-bond acceptors (Lipinski definition) is 2. The zero-order valence-electron chi connectivity index (χ0n) is 12.0. The minimum atomic E-state index is -4.40. The molecule has 0 radical (unpaired) electrons. The van der Waals surface area contributed by atoms with Crippen molar-refractivity contribution in [1.82, 2.24) is 0 Å². The Morgan fingerprint density at radius 2 is 2.00 bits per heavy atom. The highest BCUT2D eigenvalue weighted by Gasteiger charge is 2.31. The molecule has 0 aromatic heterocycles. The molecule has 1 unspecified atom stereocenters. The van der Waals surface area contributed by atoms with Gasteiger partial charge in [-0.3, -0.25) is 0 Å². The van der Waals surface area contributed by atoms with E-state index in [0.29, 0.717) is 13.2 Å². The van der Waals surface area contributed by atoms with Gasteiger partial charge in [0.2, 0.25) is 0 Å². The van der Waals surface area contributed by atoms with Gasteiger partial charge in [0.15, 0.2) is 0 Å². The lowest BCUT2D eigenvalue weighted by Gasteiger charge is -2.18. The monoisotopic (exact) mass is 323 g/mol. The normalized spacial score (nSPS) is 13.2. The summed E-state index contributed by atoms with van der Waals surface area (Å²) < 4.78 is 43.5. The second kappa shape index (κ2) is 8.49. The fraction of sp³-hybridized carbons (Fsp3) is 0.600. The third kappa shape index (κ3) is 6.14. The Balaban J connectivity index is 2.72.